The molecule has 3 aromatic rings. The van der Waals surface area contributed by atoms with E-state index in [1.54, 1.807) is 42.5 Å². The normalized spacial score (nSPS) is 15.5. The van der Waals surface area contributed by atoms with Crippen LogP contribution < -0.4 is 10.2 Å². The Morgan fingerprint density at radius 2 is 1.66 bits per heavy atom. The maximum Gasteiger partial charge on any atom is 0.270 e. The Morgan fingerprint density at radius 1 is 0.938 bits per heavy atom. The molecule has 1 saturated heterocycles. The molecule has 1 fully saturated rings. The van der Waals surface area contributed by atoms with Gasteiger partial charge in [-0.2, -0.15) is 0 Å². The molecule has 0 bridgehead atoms. The SMILES string of the molecule is Cc1cc(/C=C2\C(=O)NC(=S)N(c3ccccc3Cl)C2=O)c(C)n1-c1ccc(Cl)cc1Cl. The molecule has 0 aliphatic carbocycles. The molecule has 162 valence electrons. The van der Waals surface area contributed by atoms with Gasteiger partial charge in [-0.05, 0) is 74.1 Å². The topological polar surface area (TPSA) is 54.3 Å². The number of carbonyl (C=O) groups is 2. The molecule has 0 unspecified atom stereocenters. The number of anilines is 1. The number of hydrogen-bond acceptors (Lipinski definition) is 3. The lowest BCUT2D eigenvalue weighted by Gasteiger charge is -2.29. The summed E-state index contributed by atoms with van der Waals surface area (Å²) in [4.78, 5) is 27.2. The van der Waals surface area contributed by atoms with Gasteiger partial charge in [0.1, 0.15) is 5.57 Å². The monoisotopic (exact) mass is 503 g/mol. The van der Waals surface area contributed by atoms with E-state index in [4.69, 9.17) is 47.0 Å². The molecule has 1 N–H and O–H groups in total. The van der Waals surface area contributed by atoms with Crippen molar-refractivity contribution in [2.24, 2.45) is 0 Å². The molecule has 9 heteroatoms. The molecule has 1 aromatic heterocycles. The van der Waals surface area contributed by atoms with Crippen molar-refractivity contribution in [2.75, 3.05) is 4.90 Å². The molecule has 5 nitrogen and oxygen atoms in total. The van der Waals surface area contributed by atoms with E-state index >= 15 is 0 Å². The summed E-state index contributed by atoms with van der Waals surface area (Å²) < 4.78 is 1.94. The lowest BCUT2D eigenvalue weighted by atomic mass is 10.1. The van der Waals surface area contributed by atoms with Gasteiger partial charge in [-0.1, -0.05) is 46.9 Å². The number of aromatic nitrogens is 1. The van der Waals surface area contributed by atoms with E-state index in [1.165, 1.54) is 4.90 Å². The number of rotatable bonds is 3. The number of aryl methyl sites for hydroxylation is 1. The fraction of sp³-hybridized carbons (Fsp3) is 0.0870. The van der Waals surface area contributed by atoms with Gasteiger partial charge in [0.05, 0.1) is 21.4 Å². The summed E-state index contributed by atoms with van der Waals surface area (Å²) in [5.41, 5.74) is 3.46. The van der Waals surface area contributed by atoms with Crippen LogP contribution in [-0.4, -0.2) is 21.5 Å². The summed E-state index contributed by atoms with van der Waals surface area (Å²) in [5.74, 6) is -1.13. The first-order chi connectivity index (χ1) is 15.2. The highest BCUT2D eigenvalue weighted by molar-refractivity contribution is 7.80. The number of halogens is 3. The standard InChI is InChI=1S/C23H16Cl3N3O2S/c1-12-9-14(13(2)28(12)20-8-7-15(24)11-18(20)26)10-16-21(30)27-23(32)29(22(16)31)19-6-4-3-5-17(19)25/h3-11H,1-2H3,(H,27,30,32)/b16-10+. The molecule has 32 heavy (non-hydrogen) atoms. The molecule has 2 heterocycles. The number of benzene rings is 2. The first-order valence-corrected chi connectivity index (χ1v) is 11.0. The highest BCUT2D eigenvalue weighted by Crippen LogP contribution is 2.32. The van der Waals surface area contributed by atoms with Crippen molar-refractivity contribution in [2.45, 2.75) is 13.8 Å². The zero-order chi connectivity index (χ0) is 23.2. The number of para-hydroxylation sites is 1. The quantitative estimate of drug-likeness (QED) is 0.275. The molecule has 1 aliphatic heterocycles. The van der Waals surface area contributed by atoms with Crippen LogP contribution in [0.1, 0.15) is 17.0 Å². The van der Waals surface area contributed by atoms with Crippen molar-refractivity contribution in [1.29, 1.82) is 0 Å². The Bertz CT molecular complexity index is 1330. The second-order valence-corrected chi connectivity index (χ2v) is 8.80. The van der Waals surface area contributed by atoms with Crippen LogP contribution in [0.4, 0.5) is 5.69 Å². The highest BCUT2D eigenvalue weighted by atomic mass is 35.5. The van der Waals surface area contributed by atoms with Crippen molar-refractivity contribution in [3.05, 3.63) is 86.1 Å². The molecule has 4 rings (SSSR count). The van der Waals surface area contributed by atoms with Gasteiger partial charge in [-0.15, -0.1) is 0 Å². The molecule has 0 saturated carbocycles. The zero-order valence-electron chi connectivity index (χ0n) is 16.9. The van der Waals surface area contributed by atoms with Gasteiger partial charge in [-0.25, -0.2) is 0 Å². The maximum atomic E-state index is 13.3. The minimum atomic E-state index is -0.572. The largest absolute Gasteiger partial charge is 0.316 e. The first kappa shape index (κ1) is 22.6. The maximum absolute atomic E-state index is 13.3. The van der Waals surface area contributed by atoms with E-state index in [0.29, 0.717) is 26.3 Å². The van der Waals surface area contributed by atoms with Crippen LogP contribution >= 0.6 is 47.0 Å². The first-order valence-electron chi connectivity index (χ1n) is 9.49. The third-order valence-corrected chi connectivity index (χ3v) is 6.26. The van der Waals surface area contributed by atoms with E-state index in [2.05, 4.69) is 5.32 Å². The molecular formula is C23H16Cl3N3O2S. The van der Waals surface area contributed by atoms with Crippen LogP contribution in [0.3, 0.4) is 0 Å². The minimum absolute atomic E-state index is 0.0244. The second-order valence-electron chi connectivity index (χ2n) is 7.17. The average molecular weight is 505 g/mol. The molecule has 2 aromatic carbocycles. The van der Waals surface area contributed by atoms with Gasteiger partial charge >= 0.3 is 0 Å². The Labute approximate surface area is 205 Å². The third kappa shape index (κ3) is 3.95. The van der Waals surface area contributed by atoms with Crippen molar-refractivity contribution in [1.82, 2.24) is 9.88 Å². The van der Waals surface area contributed by atoms with E-state index in [-0.39, 0.29) is 10.7 Å². The summed E-state index contributed by atoms with van der Waals surface area (Å²) >= 11 is 23.9. The molecule has 1 aliphatic rings. The second kappa shape index (κ2) is 8.71. The van der Waals surface area contributed by atoms with Crippen molar-refractivity contribution in [3.63, 3.8) is 0 Å². The molecular weight excluding hydrogens is 489 g/mol. The Hall–Kier alpha value is -2.64. The minimum Gasteiger partial charge on any atom is -0.316 e. The van der Waals surface area contributed by atoms with E-state index < -0.39 is 11.8 Å². The summed E-state index contributed by atoms with van der Waals surface area (Å²) in [6, 6.07) is 13.9. The number of nitrogens with one attached hydrogen (secondary N) is 1. The lowest BCUT2D eigenvalue weighted by Crippen LogP contribution is -2.54. The van der Waals surface area contributed by atoms with Crippen LogP contribution in [0.2, 0.25) is 15.1 Å². The molecule has 0 spiro atoms. The van der Waals surface area contributed by atoms with Gasteiger partial charge in [0, 0.05) is 16.4 Å². The van der Waals surface area contributed by atoms with Crippen molar-refractivity contribution >= 4 is 75.7 Å². The number of amides is 2. The summed E-state index contributed by atoms with van der Waals surface area (Å²) in [6.45, 7) is 3.79. The van der Waals surface area contributed by atoms with Crippen LogP contribution in [0.25, 0.3) is 11.8 Å². The number of hydrogen-bond donors (Lipinski definition) is 1. The van der Waals surface area contributed by atoms with Gasteiger partial charge in [0.2, 0.25) is 0 Å². The predicted octanol–water partition coefficient (Wildman–Crippen LogP) is 5.89. The van der Waals surface area contributed by atoms with Crippen LogP contribution in [0.5, 0.6) is 0 Å². The van der Waals surface area contributed by atoms with E-state index in [0.717, 1.165) is 17.1 Å². The van der Waals surface area contributed by atoms with Crippen LogP contribution in [-0.2, 0) is 9.59 Å². The molecule has 0 atom stereocenters. The number of thiocarbonyl (C=S) groups is 1. The zero-order valence-corrected chi connectivity index (χ0v) is 20.0. The summed E-state index contributed by atoms with van der Waals surface area (Å²) in [7, 11) is 0. The Morgan fingerprint density at radius 3 is 2.34 bits per heavy atom. The molecule has 0 radical (unpaired) electrons. The fourth-order valence-corrected chi connectivity index (χ4v) is 4.62. The highest BCUT2D eigenvalue weighted by Gasteiger charge is 2.35. The number of carbonyl (C=O) groups excluding carboxylic acids is 2. The molecule has 2 amide bonds. The average Bonchev–Trinajstić information content (AvgIpc) is 3.00. The van der Waals surface area contributed by atoms with Gasteiger partial charge < -0.3 is 4.57 Å². The van der Waals surface area contributed by atoms with E-state index in [1.807, 2.05) is 30.5 Å². The van der Waals surface area contributed by atoms with Crippen LogP contribution in [0, 0.1) is 13.8 Å². The summed E-state index contributed by atoms with van der Waals surface area (Å²) in [6.07, 6.45) is 1.55. The fourth-order valence-electron chi connectivity index (χ4n) is 3.63. The third-order valence-electron chi connectivity index (χ3n) is 5.12. The van der Waals surface area contributed by atoms with E-state index in [9.17, 15) is 9.59 Å². The lowest BCUT2D eigenvalue weighted by molar-refractivity contribution is -0.122. The Kier molecular flexibility index (Phi) is 6.14. The van der Waals surface area contributed by atoms with Gasteiger partial charge in [0.25, 0.3) is 11.8 Å². The van der Waals surface area contributed by atoms with Gasteiger partial charge in [-0.3, -0.25) is 19.8 Å². The predicted molar refractivity (Wildman–Crippen MR) is 133 cm³/mol. The van der Waals surface area contributed by atoms with Crippen LogP contribution in [0.15, 0.2) is 54.1 Å². The van der Waals surface area contributed by atoms with Crippen molar-refractivity contribution < 1.29 is 9.59 Å². The Balaban J connectivity index is 1.80. The van der Waals surface area contributed by atoms with Gasteiger partial charge in [0.15, 0.2) is 5.11 Å². The van der Waals surface area contributed by atoms with Crippen molar-refractivity contribution in [3.8, 4) is 5.69 Å². The summed E-state index contributed by atoms with van der Waals surface area (Å²) in [5, 5.41) is 3.91. The number of nitrogens with zero attached hydrogens (tertiary/aromatic N) is 2. The smallest absolute Gasteiger partial charge is 0.270 e.